The van der Waals surface area contributed by atoms with Crippen LogP contribution >= 0.6 is 0 Å². The zero-order valence-electron chi connectivity index (χ0n) is 11.9. The van der Waals surface area contributed by atoms with E-state index in [0.717, 1.165) is 6.26 Å². The van der Waals surface area contributed by atoms with Gasteiger partial charge in [-0.3, -0.25) is 9.59 Å². The molecule has 0 fully saturated rings. The second-order valence-corrected chi connectivity index (χ2v) is 8.24. The predicted octanol–water partition coefficient (Wildman–Crippen LogP) is 0.674. The van der Waals surface area contributed by atoms with E-state index in [9.17, 15) is 18.0 Å². The number of carboxylic acids is 1. The van der Waals surface area contributed by atoms with Gasteiger partial charge in [0.2, 0.25) is 5.91 Å². The summed E-state index contributed by atoms with van der Waals surface area (Å²) >= 11 is 0. The molecule has 0 saturated carbocycles. The molecule has 0 heterocycles. The van der Waals surface area contributed by atoms with Crippen molar-refractivity contribution in [3.05, 3.63) is 0 Å². The van der Waals surface area contributed by atoms with Crippen LogP contribution in [0.2, 0.25) is 0 Å². The average molecular weight is 293 g/mol. The third-order valence-corrected chi connectivity index (χ3v) is 3.40. The molecular weight excluding hydrogens is 270 g/mol. The molecule has 2 N–H and O–H groups in total. The molecule has 0 aliphatic carbocycles. The Morgan fingerprint density at radius 3 is 2.16 bits per heavy atom. The number of nitrogens with one attached hydrogen (secondary N) is 1. The molecule has 0 aliphatic rings. The van der Waals surface area contributed by atoms with E-state index in [1.54, 1.807) is 0 Å². The van der Waals surface area contributed by atoms with Crippen molar-refractivity contribution in [2.45, 2.75) is 33.6 Å². The van der Waals surface area contributed by atoms with Gasteiger partial charge in [-0.2, -0.15) is 0 Å². The molecule has 0 radical (unpaired) electrons. The minimum Gasteiger partial charge on any atom is -0.481 e. The summed E-state index contributed by atoms with van der Waals surface area (Å²) in [6.07, 6.45) is 1.36. The highest BCUT2D eigenvalue weighted by molar-refractivity contribution is 7.90. The van der Waals surface area contributed by atoms with Gasteiger partial charge in [-0.15, -0.1) is 0 Å². The van der Waals surface area contributed by atoms with Crippen molar-refractivity contribution in [2.24, 2.45) is 11.3 Å². The van der Waals surface area contributed by atoms with Gasteiger partial charge in [0.1, 0.15) is 9.84 Å². The first kappa shape index (κ1) is 17.9. The van der Waals surface area contributed by atoms with E-state index >= 15 is 0 Å². The molecule has 1 atom stereocenters. The molecule has 0 saturated heterocycles. The highest BCUT2D eigenvalue weighted by Crippen LogP contribution is 2.24. The number of aliphatic carboxylic acids is 1. The minimum atomic E-state index is -3.18. The van der Waals surface area contributed by atoms with Crippen LogP contribution in [0.1, 0.15) is 33.6 Å². The number of hydrogen-bond acceptors (Lipinski definition) is 4. The van der Waals surface area contributed by atoms with Crippen molar-refractivity contribution >= 4 is 21.7 Å². The molecule has 0 aromatic carbocycles. The second-order valence-electron chi connectivity index (χ2n) is 5.98. The Morgan fingerprint density at radius 2 is 1.79 bits per heavy atom. The first-order valence-electron chi connectivity index (χ1n) is 6.08. The first-order chi connectivity index (χ1) is 8.41. The standard InChI is InChI=1S/C12H23NO5S/c1-12(2,3)7-9(11(15)16)8-13-10(14)5-6-19(4,17)18/h9H,5-8H2,1-4H3,(H,13,14)(H,15,16). The fourth-order valence-electron chi connectivity index (χ4n) is 1.59. The zero-order chi connectivity index (χ0) is 15.3. The van der Waals surface area contributed by atoms with Gasteiger partial charge in [-0.05, 0) is 11.8 Å². The number of hydrogen-bond donors (Lipinski definition) is 2. The van der Waals surface area contributed by atoms with Crippen molar-refractivity contribution in [2.75, 3.05) is 18.6 Å². The van der Waals surface area contributed by atoms with Crippen LogP contribution in [0.5, 0.6) is 0 Å². The van der Waals surface area contributed by atoms with Crippen molar-refractivity contribution in [3.63, 3.8) is 0 Å². The van der Waals surface area contributed by atoms with E-state index in [1.165, 1.54) is 0 Å². The molecule has 112 valence electrons. The molecule has 0 aromatic heterocycles. The normalized spacial score (nSPS) is 13.9. The molecule has 0 bridgehead atoms. The molecule has 19 heavy (non-hydrogen) atoms. The highest BCUT2D eigenvalue weighted by atomic mass is 32.2. The van der Waals surface area contributed by atoms with E-state index in [1.807, 2.05) is 20.8 Å². The van der Waals surface area contributed by atoms with Crippen molar-refractivity contribution in [1.29, 1.82) is 0 Å². The molecular formula is C12H23NO5S. The van der Waals surface area contributed by atoms with E-state index in [-0.39, 0.29) is 24.1 Å². The van der Waals surface area contributed by atoms with Crippen LogP contribution in [0.15, 0.2) is 0 Å². The van der Waals surface area contributed by atoms with E-state index in [2.05, 4.69) is 5.32 Å². The van der Waals surface area contributed by atoms with Crippen LogP contribution in [0.3, 0.4) is 0 Å². The smallest absolute Gasteiger partial charge is 0.308 e. The fourth-order valence-corrected chi connectivity index (χ4v) is 2.15. The number of amides is 1. The van der Waals surface area contributed by atoms with Gasteiger partial charge in [0.25, 0.3) is 0 Å². The molecule has 0 spiro atoms. The zero-order valence-corrected chi connectivity index (χ0v) is 12.7. The summed E-state index contributed by atoms with van der Waals surface area (Å²) in [5.74, 6) is -2.29. The average Bonchev–Trinajstić information content (AvgIpc) is 2.18. The molecule has 1 unspecified atom stereocenters. The summed E-state index contributed by atoms with van der Waals surface area (Å²) in [7, 11) is -3.18. The SMILES string of the molecule is CC(C)(C)CC(CNC(=O)CCS(C)(=O)=O)C(=O)O. The van der Waals surface area contributed by atoms with Crippen LogP contribution in [-0.2, 0) is 19.4 Å². The van der Waals surface area contributed by atoms with E-state index in [4.69, 9.17) is 5.11 Å². The maximum atomic E-state index is 11.4. The summed E-state index contributed by atoms with van der Waals surface area (Å²) in [6.45, 7) is 5.80. The van der Waals surface area contributed by atoms with Crippen molar-refractivity contribution < 1.29 is 23.1 Å². The fraction of sp³-hybridized carbons (Fsp3) is 0.833. The van der Waals surface area contributed by atoms with Crippen LogP contribution in [0, 0.1) is 11.3 Å². The number of rotatable bonds is 7. The molecule has 6 nitrogen and oxygen atoms in total. The Bertz CT molecular complexity index is 422. The maximum absolute atomic E-state index is 11.4. The molecule has 0 rings (SSSR count). The Balaban J connectivity index is 4.26. The van der Waals surface area contributed by atoms with Crippen LogP contribution in [0.4, 0.5) is 0 Å². The van der Waals surface area contributed by atoms with Gasteiger partial charge in [0.05, 0.1) is 11.7 Å². The van der Waals surface area contributed by atoms with Gasteiger partial charge in [0.15, 0.2) is 0 Å². The van der Waals surface area contributed by atoms with Gasteiger partial charge in [-0.1, -0.05) is 20.8 Å². The van der Waals surface area contributed by atoms with Crippen LogP contribution < -0.4 is 5.32 Å². The number of carbonyl (C=O) groups excluding carboxylic acids is 1. The Morgan fingerprint density at radius 1 is 1.26 bits per heavy atom. The van der Waals surface area contributed by atoms with Crippen molar-refractivity contribution in [3.8, 4) is 0 Å². The first-order valence-corrected chi connectivity index (χ1v) is 8.14. The lowest BCUT2D eigenvalue weighted by Gasteiger charge is -2.23. The minimum absolute atomic E-state index is 0.0230. The summed E-state index contributed by atoms with van der Waals surface area (Å²) in [5, 5.41) is 11.5. The summed E-state index contributed by atoms with van der Waals surface area (Å²) in [5.41, 5.74) is -0.152. The monoisotopic (exact) mass is 293 g/mol. The third kappa shape index (κ3) is 10.5. The predicted molar refractivity (Wildman–Crippen MR) is 72.5 cm³/mol. The van der Waals surface area contributed by atoms with Gasteiger partial charge < -0.3 is 10.4 Å². The third-order valence-electron chi connectivity index (χ3n) is 2.45. The largest absolute Gasteiger partial charge is 0.481 e. The van der Waals surface area contributed by atoms with Gasteiger partial charge in [-0.25, -0.2) is 8.42 Å². The molecule has 7 heteroatoms. The van der Waals surface area contributed by atoms with E-state index in [0.29, 0.717) is 6.42 Å². The highest BCUT2D eigenvalue weighted by Gasteiger charge is 2.25. The van der Waals surface area contributed by atoms with Crippen LogP contribution in [-0.4, -0.2) is 44.0 Å². The Kier molecular flexibility index (Phi) is 6.48. The maximum Gasteiger partial charge on any atom is 0.308 e. The van der Waals surface area contributed by atoms with E-state index < -0.39 is 27.6 Å². The lowest BCUT2D eigenvalue weighted by atomic mass is 9.84. The number of carbonyl (C=O) groups is 2. The molecule has 1 amide bonds. The number of carboxylic acid groups (broad SMARTS) is 1. The quantitative estimate of drug-likeness (QED) is 0.718. The summed E-state index contributed by atoms with van der Waals surface area (Å²) in [6, 6.07) is 0. The Labute approximate surface area is 114 Å². The summed E-state index contributed by atoms with van der Waals surface area (Å²) in [4.78, 5) is 22.5. The van der Waals surface area contributed by atoms with Gasteiger partial charge >= 0.3 is 5.97 Å². The molecule has 0 aromatic rings. The second kappa shape index (κ2) is 6.88. The lowest BCUT2D eigenvalue weighted by Crippen LogP contribution is -2.35. The van der Waals surface area contributed by atoms with Crippen molar-refractivity contribution in [1.82, 2.24) is 5.32 Å². The topological polar surface area (TPSA) is 101 Å². The van der Waals surface area contributed by atoms with Crippen LogP contribution in [0.25, 0.3) is 0 Å². The lowest BCUT2D eigenvalue weighted by molar-refractivity contribution is -0.142. The summed E-state index contributed by atoms with van der Waals surface area (Å²) < 4.78 is 21.8. The molecule has 0 aliphatic heterocycles. The number of sulfone groups is 1. The van der Waals surface area contributed by atoms with Gasteiger partial charge in [0, 0.05) is 19.2 Å². The Hall–Kier alpha value is -1.11.